The second-order valence-corrected chi connectivity index (χ2v) is 6.23. The number of piperazine rings is 1. The molecule has 4 heteroatoms. The van der Waals surface area contributed by atoms with Gasteiger partial charge in [-0.1, -0.05) is 23.7 Å². The van der Waals surface area contributed by atoms with Crippen LogP contribution in [0.2, 0.25) is 5.02 Å². The molecule has 0 spiro atoms. The molecule has 0 radical (unpaired) electrons. The number of hydrogen-bond acceptors (Lipinski definition) is 3. The Morgan fingerprint density at radius 3 is 2.60 bits per heavy atom. The van der Waals surface area contributed by atoms with Gasteiger partial charge in [-0.3, -0.25) is 9.69 Å². The number of Topliss-reactive ketones (excluding diaryl/α,β-unsaturated/α-hetero) is 1. The second-order valence-electron chi connectivity index (χ2n) is 5.79. The first-order chi connectivity index (χ1) is 9.72. The first kappa shape index (κ1) is 14.1. The standard InChI is InChI=1S/C16H21ClN2O/c17-14-3-1-2-13(12-14)16(20)6-7-18-8-10-19(11-9-18)15-4-5-15/h1-3,12,15H,4-11H2. The fourth-order valence-corrected chi connectivity index (χ4v) is 3.05. The van der Waals surface area contributed by atoms with Crippen LogP contribution in [-0.2, 0) is 0 Å². The van der Waals surface area contributed by atoms with Crippen molar-refractivity contribution in [2.24, 2.45) is 0 Å². The predicted molar refractivity (Wildman–Crippen MR) is 81.4 cm³/mol. The molecule has 0 N–H and O–H groups in total. The van der Waals surface area contributed by atoms with Gasteiger partial charge in [0.15, 0.2) is 5.78 Å². The molecule has 1 aliphatic heterocycles. The highest BCUT2D eigenvalue weighted by Gasteiger charge is 2.31. The highest BCUT2D eigenvalue weighted by Crippen LogP contribution is 2.27. The molecule has 0 atom stereocenters. The van der Waals surface area contributed by atoms with Crippen molar-refractivity contribution in [2.75, 3.05) is 32.7 Å². The minimum atomic E-state index is 0.192. The zero-order valence-electron chi connectivity index (χ0n) is 11.7. The maximum Gasteiger partial charge on any atom is 0.164 e. The molecule has 0 unspecified atom stereocenters. The van der Waals surface area contributed by atoms with Crippen LogP contribution in [0.15, 0.2) is 24.3 Å². The lowest BCUT2D eigenvalue weighted by Gasteiger charge is -2.34. The molecule has 3 nitrogen and oxygen atoms in total. The van der Waals surface area contributed by atoms with Gasteiger partial charge in [0.25, 0.3) is 0 Å². The van der Waals surface area contributed by atoms with E-state index >= 15 is 0 Å². The average molecular weight is 293 g/mol. The van der Waals surface area contributed by atoms with Crippen molar-refractivity contribution < 1.29 is 4.79 Å². The molecule has 0 amide bonds. The van der Waals surface area contributed by atoms with Crippen LogP contribution in [0.5, 0.6) is 0 Å². The number of rotatable bonds is 5. The number of carbonyl (C=O) groups excluding carboxylic acids is 1. The number of halogens is 1. The van der Waals surface area contributed by atoms with Gasteiger partial charge in [0.05, 0.1) is 0 Å². The SMILES string of the molecule is O=C(CCN1CCN(C2CC2)CC1)c1cccc(Cl)c1. The molecule has 20 heavy (non-hydrogen) atoms. The van der Waals surface area contributed by atoms with Crippen molar-refractivity contribution in [1.82, 2.24) is 9.80 Å². The highest BCUT2D eigenvalue weighted by atomic mass is 35.5. The Labute approximate surface area is 125 Å². The maximum absolute atomic E-state index is 12.1. The molecule has 3 rings (SSSR count). The van der Waals surface area contributed by atoms with Crippen molar-refractivity contribution in [1.29, 1.82) is 0 Å². The van der Waals surface area contributed by atoms with E-state index in [1.807, 2.05) is 12.1 Å². The smallest absolute Gasteiger partial charge is 0.164 e. The molecule has 2 fully saturated rings. The summed E-state index contributed by atoms with van der Waals surface area (Å²) in [4.78, 5) is 17.1. The van der Waals surface area contributed by atoms with E-state index < -0.39 is 0 Å². The first-order valence-electron chi connectivity index (χ1n) is 7.47. The number of benzene rings is 1. The van der Waals surface area contributed by atoms with E-state index in [0.717, 1.165) is 44.3 Å². The fourth-order valence-electron chi connectivity index (χ4n) is 2.86. The third-order valence-corrected chi connectivity index (χ3v) is 4.51. The van der Waals surface area contributed by atoms with Crippen LogP contribution in [0.4, 0.5) is 0 Å². The monoisotopic (exact) mass is 292 g/mol. The summed E-state index contributed by atoms with van der Waals surface area (Å²) in [7, 11) is 0. The lowest BCUT2D eigenvalue weighted by Crippen LogP contribution is -2.47. The molecule has 0 bridgehead atoms. The van der Waals surface area contributed by atoms with E-state index in [1.54, 1.807) is 12.1 Å². The Balaban J connectivity index is 1.44. The van der Waals surface area contributed by atoms with Crippen LogP contribution in [0.25, 0.3) is 0 Å². The summed E-state index contributed by atoms with van der Waals surface area (Å²) in [5.74, 6) is 0.192. The zero-order chi connectivity index (χ0) is 13.9. The van der Waals surface area contributed by atoms with Crippen LogP contribution in [-0.4, -0.2) is 54.3 Å². The number of nitrogens with zero attached hydrogens (tertiary/aromatic N) is 2. The fraction of sp³-hybridized carbons (Fsp3) is 0.562. The number of ketones is 1. The molecular formula is C16H21ClN2O. The van der Waals surface area contributed by atoms with Gasteiger partial charge in [-0.2, -0.15) is 0 Å². The normalized spacial score (nSPS) is 21.1. The quantitative estimate of drug-likeness (QED) is 0.780. The van der Waals surface area contributed by atoms with Gasteiger partial charge in [0.1, 0.15) is 0 Å². The van der Waals surface area contributed by atoms with E-state index in [9.17, 15) is 4.79 Å². The summed E-state index contributed by atoms with van der Waals surface area (Å²) in [6.07, 6.45) is 3.35. The minimum Gasteiger partial charge on any atom is -0.300 e. The topological polar surface area (TPSA) is 23.6 Å². The summed E-state index contributed by atoms with van der Waals surface area (Å²) in [6, 6.07) is 8.11. The van der Waals surface area contributed by atoms with E-state index in [2.05, 4.69) is 9.80 Å². The molecule has 1 heterocycles. The Bertz CT molecular complexity index is 479. The molecule has 1 saturated heterocycles. The van der Waals surface area contributed by atoms with Crippen LogP contribution in [0, 0.1) is 0 Å². The summed E-state index contributed by atoms with van der Waals surface area (Å²) in [5, 5.41) is 0.633. The van der Waals surface area contributed by atoms with Crippen molar-refractivity contribution in [3.05, 3.63) is 34.9 Å². The first-order valence-corrected chi connectivity index (χ1v) is 7.85. The van der Waals surface area contributed by atoms with Gasteiger partial charge in [-0.15, -0.1) is 0 Å². The van der Waals surface area contributed by atoms with Gasteiger partial charge < -0.3 is 4.90 Å². The summed E-state index contributed by atoms with van der Waals surface area (Å²) < 4.78 is 0. The van der Waals surface area contributed by atoms with Crippen molar-refractivity contribution in [2.45, 2.75) is 25.3 Å². The zero-order valence-corrected chi connectivity index (χ0v) is 12.5. The van der Waals surface area contributed by atoms with E-state index in [1.165, 1.54) is 12.8 Å². The molecule has 1 aromatic rings. The number of carbonyl (C=O) groups is 1. The minimum absolute atomic E-state index is 0.192. The van der Waals surface area contributed by atoms with Crippen LogP contribution in [0.3, 0.4) is 0 Å². The lowest BCUT2D eigenvalue weighted by atomic mass is 10.1. The van der Waals surface area contributed by atoms with E-state index in [0.29, 0.717) is 11.4 Å². The van der Waals surface area contributed by atoms with Gasteiger partial charge in [0.2, 0.25) is 0 Å². The third-order valence-electron chi connectivity index (χ3n) is 4.27. The predicted octanol–water partition coefficient (Wildman–Crippen LogP) is 2.69. The average Bonchev–Trinajstić information content (AvgIpc) is 3.30. The molecule has 1 aliphatic carbocycles. The van der Waals surface area contributed by atoms with Gasteiger partial charge >= 0.3 is 0 Å². The van der Waals surface area contributed by atoms with Crippen molar-refractivity contribution >= 4 is 17.4 Å². The lowest BCUT2D eigenvalue weighted by molar-refractivity contribution is 0.0921. The maximum atomic E-state index is 12.1. The molecular weight excluding hydrogens is 272 g/mol. The van der Waals surface area contributed by atoms with E-state index in [-0.39, 0.29) is 5.78 Å². The molecule has 1 saturated carbocycles. The van der Waals surface area contributed by atoms with Crippen LogP contribution in [0.1, 0.15) is 29.6 Å². The number of hydrogen-bond donors (Lipinski definition) is 0. The summed E-state index contributed by atoms with van der Waals surface area (Å²) in [6.45, 7) is 5.38. The van der Waals surface area contributed by atoms with Crippen LogP contribution >= 0.6 is 11.6 Å². The summed E-state index contributed by atoms with van der Waals surface area (Å²) >= 11 is 5.92. The Morgan fingerprint density at radius 2 is 1.95 bits per heavy atom. The van der Waals surface area contributed by atoms with Crippen molar-refractivity contribution in [3.63, 3.8) is 0 Å². The van der Waals surface area contributed by atoms with Crippen molar-refractivity contribution in [3.8, 4) is 0 Å². The Kier molecular flexibility index (Phi) is 4.39. The molecule has 1 aromatic carbocycles. The van der Waals surface area contributed by atoms with Crippen LogP contribution < -0.4 is 0 Å². The largest absolute Gasteiger partial charge is 0.300 e. The molecule has 108 valence electrons. The Morgan fingerprint density at radius 1 is 1.20 bits per heavy atom. The second kappa shape index (κ2) is 6.25. The van der Waals surface area contributed by atoms with Gasteiger partial charge in [-0.25, -0.2) is 0 Å². The summed E-state index contributed by atoms with van der Waals surface area (Å²) in [5.41, 5.74) is 0.731. The Hall–Kier alpha value is -0.900. The molecule has 0 aromatic heterocycles. The molecule has 2 aliphatic rings. The highest BCUT2D eigenvalue weighted by molar-refractivity contribution is 6.31. The van der Waals surface area contributed by atoms with Gasteiger partial charge in [0, 0.05) is 55.8 Å². The third kappa shape index (κ3) is 3.60. The van der Waals surface area contributed by atoms with E-state index in [4.69, 9.17) is 11.6 Å². The van der Waals surface area contributed by atoms with Gasteiger partial charge in [-0.05, 0) is 25.0 Å².